The molecule has 2 atom stereocenters. The summed E-state index contributed by atoms with van der Waals surface area (Å²) >= 11 is 0. The Morgan fingerprint density at radius 2 is 2.11 bits per heavy atom. The number of hydrogen-bond donors (Lipinski definition) is 1. The molecule has 2 unspecified atom stereocenters. The number of rotatable bonds is 2. The number of hydrogen-bond acceptors (Lipinski definition) is 2. The number of aliphatic hydroxyl groups excluding tert-OH is 1. The molecular weight excluding hydrogens is 243 g/mol. The molecule has 0 bridgehead atoms. The van der Waals surface area contributed by atoms with Crippen molar-refractivity contribution in [1.29, 1.82) is 0 Å². The third-order valence-electron chi connectivity index (χ3n) is 4.68. The Bertz CT molecular complexity index is 440. The molecule has 1 aromatic carbocycles. The van der Waals surface area contributed by atoms with Crippen LogP contribution in [0.3, 0.4) is 0 Å². The van der Waals surface area contributed by atoms with Crippen molar-refractivity contribution >= 4 is 0 Å². The van der Waals surface area contributed by atoms with Crippen molar-refractivity contribution in [3.63, 3.8) is 0 Å². The van der Waals surface area contributed by atoms with E-state index < -0.39 is 6.10 Å². The Hall–Kier alpha value is -0.930. The minimum Gasteiger partial charge on any atom is -0.388 e. The molecule has 2 fully saturated rings. The third kappa shape index (κ3) is 2.67. The summed E-state index contributed by atoms with van der Waals surface area (Å²) in [6.07, 6.45) is 5.87. The molecule has 1 saturated heterocycles. The molecule has 19 heavy (non-hydrogen) atoms. The molecule has 1 heterocycles. The van der Waals surface area contributed by atoms with E-state index in [0.29, 0.717) is 5.56 Å². The molecule has 1 N–H and O–H groups in total. The summed E-state index contributed by atoms with van der Waals surface area (Å²) in [5.41, 5.74) is 0.692. The van der Waals surface area contributed by atoms with Crippen molar-refractivity contribution in [1.82, 2.24) is 0 Å². The SMILES string of the molecule is OC(c1cccc(F)c1)C1CCOC2(CCCC2)C1. The van der Waals surface area contributed by atoms with Crippen LogP contribution in [-0.2, 0) is 4.74 Å². The van der Waals surface area contributed by atoms with Gasteiger partial charge in [-0.15, -0.1) is 0 Å². The summed E-state index contributed by atoms with van der Waals surface area (Å²) < 4.78 is 19.2. The molecule has 2 aliphatic rings. The fraction of sp³-hybridized carbons (Fsp3) is 0.625. The highest BCUT2D eigenvalue weighted by atomic mass is 19.1. The van der Waals surface area contributed by atoms with Crippen LogP contribution in [0, 0.1) is 11.7 Å². The first kappa shape index (κ1) is 13.1. The predicted octanol–water partition coefficient (Wildman–Crippen LogP) is 3.60. The maximum atomic E-state index is 13.3. The van der Waals surface area contributed by atoms with E-state index >= 15 is 0 Å². The van der Waals surface area contributed by atoms with Crippen molar-refractivity contribution in [3.05, 3.63) is 35.6 Å². The molecule has 0 amide bonds. The summed E-state index contributed by atoms with van der Waals surface area (Å²) in [5, 5.41) is 10.5. The monoisotopic (exact) mass is 264 g/mol. The Kier molecular flexibility index (Phi) is 3.59. The van der Waals surface area contributed by atoms with Crippen LogP contribution in [-0.4, -0.2) is 17.3 Å². The normalized spacial score (nSPS) is 27.6. The lowest BCUT2D eigenvalue weighted by Crippen LogP contribution is -2.39. The van der Waals surface area contributed by atoms with Gasteiger partial charge in [0.1, 0.15) is 5.82 Å². The third-order valence-corrected chi connectivity index (χ3v) is 4.68. The van der Waals surface area contributed by atoms with Crippen LogP contribution in [0.5, 0.6) is 0 Å². The molecule has 1 aromatic rings. The number of aliphatic hydroxyl groups is 1. The van der Waals surface area contributed by atoms with Crippen LogP contribution >= 0.6 is 0 Å². The number of benzene rings is 1. The smallest absolute Gasteiger partial charge is 0.123 e. The van der Waals surface area contributed by atoms with Gasteiger partial charge in [0.2, 0.25) is 0 Å². The first-order chi connectivity index (χ1) is 9.19. The highest BCUT2D eigenvalue weighted by Crippen LogP contribution is 2.45. The lowest BCUT2D eigenvalue weighted by Gasteiger charge is -2.40. The minimum absolute atomic E-state index is 0.00276. The minimum atomic E-state index is -0.572. The van der Waals surface area contributed by atoms with Gasteiger partial charge in [-0.05, 0) is 49.3 Å². The van der Waals surface area contributed by atoms with Gasteiger partial charge in [0.15, 0.2) is 0 Å². The van der Waals surface area contributed by atoms with Gasteiger partial charge in [0, 0.05) is 6.61 Å². The van der Waals surface area contributed by atoms with Crippen molar-refractivity contribution in [2.45, 2.75) is 50.2 Å². The van der Waals surface area contributed by atoms with Crippen LogP contribution in [0.4, 0.5) is 4.39 Å². The van der Waals surface area contributed by atoms with Gasteiger partial charge in [0.25, 0.3) is 0 Å². The fourth-order valence-corrected chi connectivity index (χ4v) is 3.67. The van der Waals surface area contributed by atoms with Crippen LogP contribution < -0.4 is 0 Å². The molecule has 0 radical (unpaired) electrons. The van der Waals surface area contributed by atoms with Crippen LogP contribution in [0.2, 0.25) is 0 Å². The quantitative estimate of drug-likeness (QED) is 0.884. The highest BCUT2D eigenvalue weighted by Gasteiger charge is 2.41. The van der Waals surface area contributed by atoms with E-state index in [1.165, 1.54) is 25.0 Å². The van der Waals surface area contributed by atoms with Gasteiger partial charge in [-0.25, -0.2) is 4.39 Å². The lowest BCUT2D eigenvalue weighted by molar-refractivity contribution is -0.113. The van der Waals surface area contributed by atoms with Crippen LogP contribution in [0.15, 0.2) is 24.3 Å². The van der Waals surface area contributed by atoms with Crippen LogP contribution in [0.1, 0.15) is 50.2 Å². The largest absolute Gasteiger partial charge is 0.388 e. The van der Waals surface area contributed by atoms with Gasteiger partial charge in [-0.1, -0.05) is 25.0 Å². The van der Waals surface area contributed by atoms with E-state index in [-0.39, 0.29) is 17.3 Å². The van der Waals surface area contributed by atoms with E-state index in [4.69, 9.17) is 4.74 Å². The molecule has 1 spiro atoms. The van der Waals surface area contributed by atoms with Crippen molar-refractivity contribution in [2.24, 2.45) is 5.92 Å². The molecule has 0 aromatic heterocycles. The van der Waals surface area contributed by atoms with Crippen molar-refractivity contribution < 1.29 is 14.2 Å². The first-order valence-corrected chi connectivity index (χ1v) is 7.26. The van der Waals surface area contributed by atoms with Gasteiger partial charge in [0.05, 0.1) is 11.7 Å². The van der Waals surface area contributed by atoms with Gasteiger partial charge in [-0.3, -0.25) is 0 Å². The van der Waals surface area contributed by atoms with E-state index in [0.717, 1.165) is 32.3 Å². The molecule has 3 rings (SSSR count). The Balaban J connectivity index is 1.74. The molecule has 3 heteroatoms. The lowest BCUT2D eigenvalue weighted by atomic mass is 9.80. The predicted molar refractivity (Wildman–Crippen MR) is 71.2 cm³/mol. The zero-order valence-electron chi connectivity index (χ0n) is 11.1. The van der Waals surface area contributed by atoms with E-state index in [1.807, 2.05) is 6.07 Å². The molecular formula is C16H21FO2. The number of halogens is 1. The maximum Gasteiger partial charge on any atom is 0.123 e. The molecule has 1 aliphatic heterocycles. The van der Waals surface area contributed by atoms with E-state index in [1.54, 1.807) is 6.07 Å². The van der Waals surface area contributed by atoms with Gasteiger partial charge in [-0.2, -0.15) is 0 Å². The summed E-state index contributed by atoms with van der Waals surface area (Å²) in [4.78, 5) is 0. The molecule has 1 aliphatic carbocycles. The van der Waals surface area contributed by atoms with Gasteiger partial charge >= 0.3 is 0 Å². The zero-order chi connectivity index (χ0) is 13.3. The molecule has 1 saturated carbocycles. The molecule has 104 valence electrons. The average Bonchev–Trinajstić information content (AvgIpc) is 2.86. The summed E-state index contributed by atoms with van der Waals surface area (Å²) in [6, 6.07) is 6.34. The summed E-state index contributed by atoms with van der Waals surface area (Å²) in [7, 11) is 0. The zero-order valence-corrected chi connectivity index (χ0v) is 11.1. The second kappa shape index (κ2) is 5.22. The topological polar surface area (TPSA) is 29.5 Å². The standard InChI is InChI=1S/C16H21FO2/c17-14-5-3-4-12(10-14)15(18)13-6-9-19-16(11-13)7-1-2-8-16/h3-5,10,13,15,18H,1-2,6-9,11H2. The second-order valence-corrected chi connectivity index (χ2v) is 5.99. The van der Waals surface area contributed by atoms with E-state index in [2.05, 4.69) is 0 Å². The highest BCUT2D eigenvalue weighted by molar-refractivity contribution is 5.19. The Morgan fingerprint density at radius 3 is 2.84 bits per heavy atom. The fourth-order valence-electron chi connectivity index (χ4n) is 3.67. The van der Waals surface area contributed by atoms with Crippen molar-refractivity contribution in [3.8, 4) is 0 Å². The summed E-state index contributed by atoms with van der Waals surface area (Å²) in [5.74, 6) is -0.0900. The maximum absolute atomic E-state index is 13.3. The second-order valence-electron chi connectivity index (χ2n) is 5.99. The number of ether oxygens (including phenoxy) is 1. The van der Waals surface area contributed by atoms with Crippen molar-refractivity contribution in [2.75, 3.05) is 6.61 Å². The van der Waals surface area contributed by atoms with E-state index in [9.17, 15) is 9.50 Å². The summed E-state index contributed by atoms with van der Waals surface area (Å²) in [6.45, 7) is 0.719. The Morgan fingerprint density at radius 1 is 1.32 bits per heavy atom. The molecule has 2 nitrogen and oxygen atoms in total. The average molecular weight is 264 g/mol. The van der Waals surface area contributed by atoms with Gasteiger partial charge < -0.3 is 9.84 Å². The van der Waals surface area contributed by atoms with Crippen LogP contribution in [0.25, 0.3) is 0 Å². The first-order valence-electron chi connectivity index (χ1n) is 7.26. The Labute approximate surface area is 113 Å².